The zero-order valence-corrected chi connectivity index (χ0v) is 17.0. The van der Waals surface area contributed by atoms with E-state index in [9.17, 15) is 18.0 Å². The number of carbonyl (C=O) groups is 1. The SMILES string of the molecule is CC1=NN2C(=N)C(=Cc3cc(C)n(-c4cccc(C(F)(F)F)c4)c3C)C(=O)N=C2S1. The first-order valence-corrected chi connectivity index (χ1v) is 9.71. The number of benzene rings is 1. The highest BCUT2D eigenvalue weighted by Crippen LogP contribution is 2.32. The maximum Gasteiger partial charge on any atom is 0.416 e. The van der Waals surface area contributed by atoms with E-state index >= 15 is 0 Å². The minimum Gasteiger partial charge on any atom is -0.318 e. The first-order valence-electron chi connectivity index (χ1n) is 8.89. The lowest BCUT2D eigenvalue weighted by Gasteiger charge is -2.20. The molecule has 4 rings (SSSR count). The third-order valence-corrected chi connectivity index (χ3v) is 5.58. The molecule has 3 heterocycles. The van der Waals surface area contributed by atoms with Crippen LogP contribution in [-0.4, -0.2) is 31.5 Å². The number of halogens is 3. The molecule has 1 N–H and O–H groups in total. The highest BCUT2D eigenvalue weighted by Gasteiger charge is 2.35. The van der Waals surface area contributed by atoms with E-state index in [0.717, 1.165) is 12.1 Å². The number of hydrogen-bond donors (Lipinski definition) is 1. The molecule has 2 aromatic rings. The summed E-state index contributed by atoms with van der Waals surface area (Å²) in [5.74, 6) is -0.634. The summed E-state index contributed by atoms with van der Waals surface area (Å²) in [5.41, 5.74) is 1.66. The van der Waals surface area contributed by atoms with Crippen LogP contribution in [-0.2, 0) is 11.0 Å². The smallest absolute Gasteiger partial charge is 0.318 e. The molecule has 6 nitrogen and oxygen atoms in total. The van der Waals surface area contributed by atoms with Crippen molar-refractivity contribution in [3.8, 4) is 5.69 Å². The van der Waals surface area contributed by atoms with Gasteiger partial charge in [0.2, 0.25) is 5.17 Å². The minimum atomic E-state index is -4.44. The maximum absolute atomic E-state index is 13.1. The molecule has 2 aliphatic heterocycles. The van der Waals surface area contributed by atoms with Crippen molar-refractivity contribution in [1.82, 2.24) is 9.58 Å². The number of aromatic nitrogens is 1. The summed E-state index contributed by atoms with van der Waals surface area (Å²) in [5, 5.41) is 14.9. The standard InChI is InChI=1S/C20H16F3N5OS/c1-10-7-13(8-16-17(24)28-19(25-18(16)29)30-12(3)26-28)11(2)27(10)15-6-4-5-14(9-15)20(21,22)23/h4-9,24H,1-3H3. The maximum atomic E-state index is 13.1. The second kappa shape index (κ2) is 6.98. The second-order valence-electron chi connectivity index (χ2n) is 6.85. The van der Waals surface area contributed by atoms with E-state index in [2.05, 4.69) is 10.1 Å². The Bertz CT molecular complexity index is 1190. The van der Waals surface area contributed by atoms with Crippen LogP contribution in [0.3, 0.4) is 0 Å². The van der Waals surface area contributed by atoms with Crippen LogP contribution in [0.5, 0.6) is 0 Å². The van der Waals surface area contributed by atoms with Gasteiger partial charge in [-0.3, -0.25) is 10.2 Å². The van der Waals surface area contributed by atoms with Gasteiger partial charge in [0.15, 0.2) is 5.84 Å². The molecule has 1 amide bonds. The quantitative estimate of drug-likeness (QED) is 0.698. The van der Waals surface area contributed by atoms with Crippen molar-refractivity contribution in [2.45, 2.75) is 26.9 Å². The molecule has 0 unspecified atom stereocenters. The van der Waals surface area contributed by atoms with Gasteiger partial charge in [-0.1, -0.05) is 6.07 Å². The Labute approximate surface area is 174 Å². The summed E-state index contributed by atoms with van der Waals surface area (Å²) in [6, 6.07) is 6.82. The normalized spacial score (nSPS) is 18.1. The molecule has 0 saturated heterocycles. The van der Waals surface area contributed by atoms with Crippen LogP contribution >= 0.6 is 11.8 Å². The Kier molecular flexibility index (Phi) is 4.69. The highest BCUT2D eigenvalue weighted by atomic mass is 32.2. The van der Waals surface area contributed by atoms with Gasteiger partial charge < -0.3 is 4.57 Å². The van der Waals surface area contributed by atoms with Crippen LogP contribution in [0.15, 0.2) is 46.0 Å². The van der Waals surface area contributed by atoms with Gasteiger partial charge in [-0.2, -0.15) is 28.3 Å². The van der Waals surface area contributed by atoms with Crippen LogP contribution in [0.4, 0.5) is 13.2 Å². The van der Waals surface area contributed by atoms with Gasteiger partial charge >= 0.3 is 6.18 Å². The van der Waals surface area contributed by atoms with Gasteiger partial charge in [0, 0.05) is 17.1 Å². The van der Waals surface area contributed by atoms with Crippen molar-refractivity contribution in [2.75, 3.05) is 0 Å². The zero-order chi connectivity index (χ0) is 21.8. The third kappa shape index (κ3) is 3.36. The van der Waals surface area contributed by atoms with Crippen molar-refractivity contribution < 1.29 is 18.0 Å². The number of amidine groups is 2. The number of aliphatic imine (C=N–C) groups is 1. The van der Waals surface area contributed by atoms with Crippen molar-refractivity contribution >= 4 is 39.8 Å². The largest absolute Gasteiger partial charge is 0.416 e. The molecular weight excluding hydrogens is 415 g/mol. The Hall–Kier alpha value is -3.14. The lowest BCUT2D eigenvalue weighted by molar-refractivity contribution is -0.137. The van der Waals surface area contributed by atoms with Gasteiger partial charge in [0.05, 0.1) is 16.2 Å². The first kappa shape index (κ1) is 20.1. The Morgan fingerprint density at radius 3 is 2.60 bits per heavy atom. The Balaban J connectivity index is 1.77. The number of nitrogens with zero attached hydrogens (tertiary/aromatic N) is 4. The molecule has 0 fully saturated rings. The van der Waals surface area contributed by atoms with Crippen LogP contribution in [0.2, 0.25) is 0 Å². The molecular formula is C20H16F3N5OS. The summed E-state index contributed by atoms with van der Waals surface area (Å²) < 4.78 is 41.0. The van der Waals surface area contributed by atoms with Crippen molar-refractivity contribution in [3.05, 3.63) is 58.4 Å². The van der Waals surface area contributed by atoms with Gasteiger partial charge in [-0.05, 0) is 68.4 Å². The lowest BCUT2D eigenvalue weighted by Crippen LogP contribution is -2.35. The molecule has 154 valence electrons. The Morgan fingerprint density at radius 2 is 1.90 bits per heavy atom. The average molecular weight is 431 g/mol. The van der Waals surface area contributed by atoms with E-state index in [1.807, 2.05) is 0 Å². The first-order chi connectivity index (χ1) is 14.1. The second-order valence-corrected chi connectivity index (χ2v) is 8.01. The van der Waals surface area contributed by atoms with Gasteiger partial charge in [-0.25, -0.2) is 0 Å². The molecule has 0 atom stereocenters. The summed E-state index contributed by atoms with van der Waals surface area (Å²) in [6.07, 6.45) is -2.91. The van der Waals surface area contributed by atoms with Gasteiger partial charge in [-0.15, -0.1) is 0 Å². The van der Waals surface area contributed by atoms with Crippen LogP contribution in [0.1, 0.15) is 29.4 Å². The molecule has 30 heavy (non-hydrogen) atoms. The number of amides is 1. The minimum absolute atomic E-state index is 0.0714. The predicted molar refractivity (Wildman–Crippen MR) is 111 cm³/mol. The summed E-state index contributed by atoms with van der Waals surface area (Å²) in [7, 11) is 0. The number of hydrazone groups is 1. The summed E-state index contributed by atoms with van der Waals surface area (Å²) in [6.45, 7) is 5.28. The van der Waals surface area contributed by atoms with E-state index in [1.165, 1.54) is 28.9 Å². The summed E-state index contributed by atoms with van der Waals surface area (Å²) >= 11 is 1.22. The number of carbonyl (C=O) groups excluding carboxylic acids is 1. The fraction of sp³-hybridized carbons (Fsp3) is 0.200. The predicted octanol–water partition coefficient (Wildman–Crippen LogP) is 4.75. The number of fused-ring (bicyclic) bond motifs is 1. The Morgan fingerprint density at radius 1 is 1.17 bits per heavy atom. The van der Waals surface area contributed by atoms with Crippen molar-refractivity contribution in [3.63, 3.8) is 0 Å². The molecule has 0 spiro atoms. The van der Waals surface area contributed by atoms with Crippen LogP contribution in [0, 0.1) is 19.3 Å². The molecule has 2 aliphatic rings. The van der Waals surface area contributed by atoms with E-state index in [0.29, 0.717) is 32.9 Å². The van der Waals surface area contributed by atoms with Crippen molar-refractivity contribution in [2.24, 2.45) is 10.1 Å². The number of nitrogens with one attached hydrogen (secondary N) is 1. The zero-order valence-electron chi connectivity index (χ0n) is 16.2. The van der Waals surface area contributed by atoms with E-state index < -0.39 is 17.6 Å². The lowest BCUT2D eigenvalue weighted by atomic mass is 10.1. The fourth-order valence-electron chi connectivity index (χ4n) is 3.40. The van der Waals surface area contributed by atoms with Gasteiger partial charge in [0.1, 0.15) is 0 Å². The van der Waals surface area contributed by atoms with Gasteiger partial charge in [0.25, 0.3) is 5.91 Å². The number of rotatable bonds is 2. The molecule has 10 heteroatoms. The average Bonchev–Trinajstić information content (AvgIpc) is 3.16. The van der Waals surface area contributed by atoms with E-state index in [1.54, 1.807) is 37.5 Å². The molecule has 1 aromatic heterocycles. The molecule has 0 saturated carbocycles. The summed E-state index contributed by atoms with van der Waals surface area (Å²) in [4.78, 5) is 16.5. The van der Waals surface area contributed by atoms with E-state index in [4.69, 9.17) is 5.41 Å². The molecule has 0 aliphatic carbocycles. The van der Waals surface area contributed by atoms with Crippen LogP contribution in [0.25, 0.3) is 11.8 Å². The van der Waals surface area contributed by atoms with E-state index in [-0.39, 0.29) is 11.4 Å². The topological polar surface area (TPSA) is 73.8 Å². The van der Waals surface area contributed by atoms with Crippen LogP contribution < -0.4 is 0 Å². The van der Waals surface area contributed by atoms with Crippen molar-refractivity contribution in [1.29, 1.82) is 5.41 Å². The number of hydrogen-bond acceptors (Lipinski definition) is 4. The number of alkyl halides is 3. The number of aryl methyl sites for hydroxylation is 1. The fourth-order valence-corrected chi connectivity index (χ4v) is 4.13. The number of thioether (sulfide) groups is 1. The third-order valence-electron chi connectivity index (χ3n) is 4.76. The monoisotopic (exact) mass is 431 g/mol. The molecule has 0 bridgehead atoms. The molecule has 1 aromatic carbocycles. The molecule has 0 radical (unpaired) electrons. The highest BCUT2D eigenvalue weighted by molar-refractivity contribution is 8.26.